The topological polar surface area (TPSA) is 45.7 Å². The molecule has 3 rings (SSSR count). The largest absolute Gasteiger partial charge is 0.385 e. The highest BCUT2D eigenvalue weighted by Crippen LogP contribution is 2.42. The zero-order valence-corrected chi connectivity index (χ0v) is 18.5. The number of guanidine groups is 1. The summed E-state index contributed by atoms with van der Waals surface area (Å²) in [6.07, 6.45) is 7.57. The van der Waals surface area contributed by atoms with E-state index in [9.17, 15) is 0 Å². The molecule has 2 saturated carbocycles. The summed E-state index contributed by atoms with van der Waals surface area (Å²) >= 11 is 0. The van der Waals surface area contributed by atoms with Crippen LogP contribution in [0.3, 0.4) is 0 Å². The number of methoxy groups -OCH3 is 1. The molecule has 0 aliphatic heterocycles. The third-order valence-electron chi connectivity index (χ3n) is 5.76. The molecule has 1 aromatic rings. The normalized spacial score (nSPS) is 24.0. The van der Waals surface area contributed by atoms with Crippen LogP contribution < -0.4 is 10.6 Å². The van der Waals surface area contributed by atoms with Crippen LogP contribution in [0.4, 0.5) is 0 Å². The minimum atomic E-state index is 0. The Morgan fingerprint density at radius 3 is 2.62 bits per heavy atom. The number of aliphatic imine (C=N–C) groups is 1. The molecular weight excluding hydrogens is 437 g/mol. The minimum absolute atomic E-state index is 0. The van der Waals surface area contributed by atoms with Crippen LogP contribution in [0.1, 0.15) is 56.9 Å². The van der Waals surface area contributed by atoms with Gasteiger partial charge in [0.15, 0.2) is 5.96 Å². The van der Waals surface area contributed by atoms with Crippen molar-refractivity contribution in [2.24, 2.45) is 10.4 Å². The molecule has 2 fully saturated rings. The van der Waals surface area contributed by atoms with Gasteiger partial charge in [0.2, 0.25) is 0 Å². The van der Waals surface area contributed by atoms with E-state index in [2.05, 4.69) is 47.9 Å². The van der Waals surface area contributed by atoms with E-state index in [-0.39, 0.29) is 24.0 Å². The van der Waals surface area contributed by atoms with Gasteiger partial charge >= 0.3 is 0 Å². The van der Waals surface area contributed by atoms with Crippen LogP contribution in [0.25, 0.3) is 0 Å². The molecule has 26 heavy (non-hydrogen) atoms. The second-order valence-corrected chi connectivity index (χ2v) is 7.65. The van der Waals surface area contributed by atoms with Gasteiger partial charge in [-0.15, -0.1) is 24.0 Å². The molecule has 0 amide bonds. The lowest BCUT2D eigenvalue weighted by Gasteiger charge is -2.27. The van der Waals surface area contributed by atoms with E-state index in [0.29, 0.717) is 17.4 Å². The van der Waals surface area contributed by atoms with Crippen molar-refractivity contribution in [3.8, 4) is 0 Å². The van der Waals surface area contributed by atoms with Gasteiger partial charge in [0.25, 0.3) is 0 Å². The molecule has 1 aromatic carbocycles. The summed E-state index contributed by atoms with van der Waals surface area (Å²) in [4.78, 5) is 4.97. The molecule has 146 valence electrons. The lowest BCUT2D eigenvalue weighted by Crippen LogP contribution is -2.40. The Morgan fingerprint density at radius 1 is 1.23 bits per heavy atom. The second kappa shape index (κ2) is 10.5. The predicted octanol–water partition coefficient (Wildman–Crippen LogP) is 4.31. The third kappa shape index (κ3) is 5.84. The van der Waals surface area contributed by atoms with Crippen molar-refractivity contribution in [2.45, 2.75) is 57.4 Å². The van der Waals surface area contributed by atoms with Gasteiger partial charge in [-0.05, 0) is 43.6 Å². The third-order valence-corrected chi connectivity index (χ3v) is 5.76. The number of nitrogens with one attached hydrogen (secondary N) is 2. The van der Waals surface area contributed by atoms with Crippen LogP contribution in [-0.2, 0) is 4.74 Å². The van der Waals surface area contributed by atoms with E-state index < -0.39 is 0 Å². The van der Waals surface area contributed by atoms with E-state index in [1.807, 2.05) is 0 Å². The maximum atomic E-state index is 5.34. The number of nitrogens with zero attached hydrogens (tertiary/aromatic N) is 1. The summed E-state index contributed by atoms with van der Waals surface area (Å²) in [5.74, 6) is 1.61. The molecule has 0 aromatic heterocycles. The Labute approximate surface area is 175 Å². The maximum Gasteiger partial charge on any atom is 0.191 e. The number of benzene rings is 1. The van der Waals surface area contributed by atoms with E-state index in [1.165, 1.54) is 37.7 Å². The van der Waals surface area contributed by atoms with E-state index >= 15 is 0 Å². The smallest absolute Gasteiger partial charge is 0.191 e. The molecule has 5 heteroatoms. The van der Waals surface area contributed by atoms with Crippen molar-refractivity contribution in [2.75, 3.05) is 26.8 Å². The number of hydrogen-bond acceptors (Lipinski definition) is 2. The zero-order valence-electron chi connectivity index (χ0n) is 16.2. The van der Waals surface area contributed by atoms with E-state index in [0.717, 1.165) is 32.1 Å². The van der Waals surface area contributed by atoms with Crippen LogP contribution >= 0.6 is 24.0 Å². The van der Waals surface area contributed by atoms with Gasteiger partial charge in [0.05, 0.1) is 0 Å². The zero-order chi connectivity index (χ0) is 17.5. The number of hydrogen-bond donors (Lipinski definition) is 2. The molecule has 4 nitrogen and oxygen atoms in total. The van der Waals surface area contributed by atoms with Crippen molar-refractivity contribution in [1.82, 2.24) is 10.6 Å². The second-order valence-electron chi connectivity index (χ2n) is 7.65. The monoisotopic (exact) mass is 471 g/mol. The summed E-state index contributed by atoms with van der Waals surface area (Å²) < 4.78 is 5.34. The first-order chi connectivity index (χ1) is 12.3. The van der Waals surface area contributed by atoms with Gasteiger partial charge in [-0.25, -0.2) is 0 Å². The molecule has 2 aliphatic rings. The molecule has 2 atom stereocenters. The van der Waals surface area contributed by atoms with Crippen molar-refractivity contribution in [1.29, 1.82) is 0 Å². The van der Waals surface area contributed by atoms with Crippen molar-refractivity contribution < 1.29 is 4.74 Å². The van der Waals surface area contributed by atoms with Crippen molar-refractivity contribution in [3.63, 3.8) is 0 Å². The molecule has 0 heterocycles. The van der Waals surface area contributed by atoms with Crippen molar-refractivity contribution >= 4 is 29.9 Å². The summed E-state index contributed by atoms with van der Waals surface area (Å²) in [6.45, 7) is 4.79. The van der Waals surface area contributed by atoms with E-state index in [4.69, 9.17) is 9.73 Å². The lowest BCUT2D eigenvalue weighted by molar-refractivity contribution is 0.141. The number of rotatable bonds is 8. The Balaban J connectivity index is 0.00000243. The molecule has 0 spiro atoms. The van der Waals surface area contributed by atoms with Crippen LogP contribution in [0, 0.1) is 5.41 Å². The van der Waals surface area contributed by atoms with Gasteiger partial charge in [-0.1, -0.05) is 43.2 Å². The fourth-order valence-corrected chi connectivity index (χ4v) is 4.10. The highest BCUT2D eigenvalue weighted by Gasteiger charge is 2.39. The first-order valence-electron chi connectivity index (χ1n) is 9.85. The van der Waals surface area contributed by atoms with E-state index in [1.54, 1.807) is 7.11 Å². The average molecular weight is 471 g/mol. The Morgan fingerprint density at radius 2 is 1.96 bits per heavy atom. The molecule has 0 bridgehead atoms. The highest BCUT2D eigenvalue weighted by atomic mass is 127. The average Bonchev–Trinajstić information content (AvgIpc) is 3.26. The molecule has 0 radical (unpaired) electrons. The van der Waals surface area contributed by atoms with Crippen LogP contribution in [0.5, 0.6) is 0 Å². The Bertz CT molecular complexity index is 558. The fraction of sp³-hybridized carbons (Fsp3) is 0.667. The number of ether oxygens (including phenoxy) is 1. The Kier molecular flexibility index (Phi) is 8.67. The predicted molar refractivity (Wildman–Crippen MR) is 120 cm³/mol. The summed E-state index contributed by atoms with van der Waals surface area (Å²) in [7, 11) is 1.80. The van der Waals surface area contributed by atoms with Crippen LogP contribution in [0.15, 0.2) is 35.3 Å². The molecule has 2 unspecified atom stereocenters. The maximum absolute atomic E-state index is 5.34. The quantitative estimate of drug-likeness (QED) is 0.338. The molecule has 0 saturated heterocycles. The molecular formula is C21H34IN3O. The highest BCUT2D eigenvalue weighted by molar-refractivity contribution is 14.0. The van der Waals surface area contributed by atoms with Gasteiger partial charge < -0.3 is 15.4 Å². The summed E-state index contributed by atoms with van der Waals surface area (Å²) in [5, 5.41) is 7.08. The van der Waals surface area contributed by atoms with Crippen LogP contribution in [-0.4, -0.2) is 38.8 Å². The Hall–Kier alpha value is -0.820. The lowest BCUT2D eigenvalue weighted by atomic mass is 9.83. The van der Waals surface area contributed by atoms with Gasteiger partial charge in [-0.2, -0.15) is 0 Å². The van der Waals surface area contributed by atoms with Crippen molar-refractivity contribution in [3.05, 3.63) is 35.9 Å². The van der Waals surface area contributed by atoms with Gasteiger partial charge in [0, 0.05) is 38.8 Å². The first kappa shape index (κ1) is 21.5. The standard InChI is InChI=1S/C21H33N3O.HI/c1-3-22-20(23-16-21(13-14-25-2)11-7-8-12-21)24-19-15-18(19)17-9-5-4-6-10-17;/h4-6,9-10,18-19H,3,7-8,11-16H2,1-2H3,(H2,22,23,24);1H. The molecule has 2 aliphatic carbocycles. The number of halogens is 1. The minimum Gasteiger partial charge on any atom is -0.385 e. The van der Waals surface area contributed by atoms with Crippen LogP contribution in [0.2, 0.25) is 0 Å². The summed E-state index contributed by atoms with van der Waals surface area (Å²) in [6, 6.07) is 11.3. The summed E-state index contributed by atoms with van der Waals surface area (Å²) in [5.41, 5.74) is 1.78. The van der Waals surface area contributed by atoms with Gasteiger partial charge in [0.1, 0.15) is 0 Å². The SMILES string of the molecule is CCNC(=NCC1(CCOC)CCCC1)NC1CC1c1ccccc1.I. The fourth-order valence-electron chi connectivity index (χ4n) is 4.10. The first-order valence-corrected chi connectivity index (χ1v) is 9.85. The van der Waals surface area contributed by atoms with Gasteiger partial charge in [-0.3, -0.25) is 4.99 Å². The molecule has 2 N–H and O–H groups in total.